The molecule has 1 saturated carbocycles. The minimum Gasteiger partial charge on any atom is -0.349 e. The number of fused-ring (bicyclic) bond motifs is 1. The standard InChI is InChI=1S/C24H28ClN7O5S.C7H8O3S/c1-31(2)24(36)13-3-5-16(27-21(34)22(35)29-20-6-4-15(25)11-26-20)14(9-13)10-18(33)23-28-17-7-8-32(30-37)12-19(17)38-23;1-6-2-4-7(5-3-6)11(8,9)10/h4,6,11,13-14,16H,3,5,7-10,12H2,1-2H3,(H,27,34)(H,26,29,35);2-5H,1H3,(H,8,9,10)/t13-,14-,16-;/m0./s1. The Morgan fingerprint density at radius 3 is 2.43 bits per heavy atom. The molecule has 1 aliphatic carbocycles. The van der Waals surface area contributed by atoms with E-state index in [1.54, 1.807) is 26.2 Å². The summed E-state index contributed by atoms with van der Waals surface area (Å²) in [5, 5.41) is 10.3. The predicted molar refractivity (Wildman–Crippen MR) is 181 cm³/mol. The van der Waals surface area contributed by atoms with E-state index in [0.29, 0.717) is 48.8 Å². The summed E-state index contributed by atoms with van der Waals surface area (Å²) in [7, 11) is -0.652. The van der Waals surface area contributed by atoms with Crippen molar-refractivity contribution in [3.8, 4) is 0 Å². The Morgan fingerprint density at radius 2 is 1.82 bits per heavy atom. The molecular weight excluding hydrogens is 698 g/mol. The first kappa shape index (κ1) is 37.5. The number of aryl methyl sites for hydroxylation is 1. The number of carbonyl (C=O) groups is 4. The lowest BCUT2D eigenvalue weighted by Crippen LogP contribution is -2.49. The first-order chi connectivity index (χ1) is 23.1. The maximum absolute atomic E-state index is 13.3. The number of ketones is 1. The molecule has 3 N–H and O–H groups in total. The van der Waals surface area contributed by atoms with Crippen LogP contribution in [0.1, 0.15) is 51.6 Å². The molecule has 2 aliphatic rings. The van der Waals surface area contributed by atoms with Gasteiger partial charge >= 0.3 is 11.8 Å². The zero-order valence-electron chi connectivity index (χ0n) is 27.0. The SMILES string of the molecule is CN(C)C(=O)[C@H]1CC[C@H](NC(=O)C(=O)Nc2ccc(Cl)cn2)[C@H](CC(=O)c2nc3c(s2)CN(N=O)CC3)C1.Cc1ccc(S(=O)(=O)O)cc1. The Balaban J connectivity index is 0.000000418. The van der Waals surface area contributed by atoms with Gasteiger partial charge in [0.05, 0.1) is 27.4 Å². The van der Waals surface area contributed by atoms with E-state index in [-0.39, 0.29) is 40.7 Å². The molecule has 0 spiro atoms. The van der Waals surface area contributed by atoms with Crippen molar-refractivity contribution in [2.45, 2.75) is 56.5 Å². The monoisotopic (exact) mass is 733 g/mol. The van der Waals surface area contributed by atoms with Crippen LogP contribution in [0.5, 0.6) is 0 Å². The van der Waals surface area contributed by atoms with Crippen LogP contribution in [0.3, 0.4) is 0 Å². The third-order valence-corrected chi connectivity index (χ3v) is 10.3. The number of rotatable bonds is 8. The number of anilines is 1. The van der Waals surface area contributed by atoms with Gasteiger partial charge in [0.15, 0.2) is 10.8 Å². The number of benzene rings is 1. The number of Topliss-reactive ketones (excluding diaryl/α,β-unsaturated/α-hetero) is 1. The minimum atomic E-state index is -4.02. The average molecular weight is 734 g/mol. The normalized spacial score (nSPS) is 18.6. The molecule has 262 valence electrons. The Kier molecular flexibility index (Phi) is 12.5. The quantitative estimate of drug-likeness (QED) is 0.132. The summed E-state index contributed by atoms with van der Waals surface area (Å²) < 4.78 is 29.6. The predicted octanol–water partition coefficient (Wildman–Crippen LogP) is 3.67. The van der Waals surface area contributed by atoms with Gasteiger partial charge in [-0.2, -0.15) is 8.42 Å². The smallest absolute Gasteiger partial charge is 0.314 e. The van der Waals surface area contributed by atoms with Crippen LogP contribution in [0, 0.1) is 23.7 Å². The van der Waals surface area contributed by atoms with Gasteiger partial charge in [-0.3, -0.25) is 28.7 Å². The fourth-order valence-corrected chi connectivity index (χ4v) is 7.19. The molecule has 2 aromatic heterocycles. The van der Waals surface area contributed by atoms with Crippen LogP contribution in [-0.4, -0.2) is 83.0 Å². The van der Waals surface area contributed by atoms with Gasteiger partial charge in [-0.25, -0.2) is 9.97 Å². The third-order valence-electron chi connectivity index (χ3n) is 8.10. The molecule has 3 heterocycles. The maximum Gasteiger partial charge on any atom is 0.314 e. The molecule has 1 aromatic carbocycles. The van der Waals surface area contributed by atoms with E-state index in [2.05, 4.69) is 25.9 Å². The fourth-order valence-electron chi connectivity index (χ4n) is 5.53. The molecule has 1 aliphatic heterocycles. The molecule has 0 bridgehead atoms. The zero-order chi connectivity index (χ0) is 35.9. The van der Waals surface area contributed by atoms with Crippen LogP contribution in [0.4, 0.5) is 5.82 Å². The van der Waals surface area contributed by atoms with E-state index in [1.165, 1.54) is 51.7 Å². The van der Waals surface area contributed by atoms with Crippen molar-refractivity contribution < 1.29 is 32.1 Å². The second-order valence-corrected chi connectivity index (χ2v) is 14.9. The van der Waals surface area contributed by atoms with Crippen molar-refractivity contribution in [1.29, 1.82) is 0 Å². The lowest BCUT2D eigenvalue weighted by Gasteiger charge is -2.36. The first-order valence-electron chi connectivity index (χ1n) is 15.2. The van der Waals surface area contributed by atoms with Gasteiger partial charge in [0.1, 0.15) is 5.82 Å². The number of amides is 3. The highest BCUT2D eigenvalue weighted by Crippen LogP contribution is 2.35. The van der Waals surface area contributed by atoms with Crippen LogP contribution in [0.15, 0.2) is 52.8 Å². The molecule has 5 rings (SSSR count). The van der Waals surface area contributed by atoms with Crippen LogP contribution in [-0.2, 0) is 37.5 Å². The zero-order valence-corrected chi connectivity index (χ0v) is 29.3. The second kappa shape index (κ2) is 16.4. The Bertz CT molecular complexity index is 1800. The summed E-state index contributed by atoms with van der Waals surface area (Å²) >= 11 is 7.05. The molecule has 18 heteroatoms. The van der Waals surface area contributed by atoms with E-state index in [1.807, 2.05) is 6.92 Å². The van der Waals surface area contributed by atoms with Crippen LogP contribution < -0.4 is 10.6 Å². The number of hydrogen-bond donors (Lipinski definition) is 3. The number of carbonyl (C=O) groups excluding carboxylic acids is 4. The van der Waals surface area contributed by atoms with E-state index >= 15 is 0 Å². The van der Waals surface area contributed by atoms with E-state index in [4.69, 9.17) is 16.2 Å². The molecule has 1 fully saturated rings. The van der Waals surface area contributed by atoms with Gasteiger partial charge in [-0.05, 0) is 56.4 Å². The van der Waals surface area contributed by atoms with Crippen molar-refractivity contribution in [1.82, 2.24) is 25.2 Å². The number of nitrogens with zero attached hydrogens (tertiary/aromatic N) is 5. The number of thiazole rings is 1. The Morgan fingerprint density at radius 1 is 1.10 bits per heavy atom. The Hall–Kier alpha value is -4.32. The summed E-state index contributed by atoms with van der Waals surface area (Å²) in [5.74, 6) is -2.47. The highest BCUT2D eigenvalue weighted by molar-refractivity contribution is 7.85. The number of pyridine rings is 1. The molecule has 3 aromatic rings. The van der Waals surface area contributed by atoms with E-state index < -0.39 is 28.0 Å². The maximum atomic E-state index is 13.3. The number of aromatic nitrogens is 2. The van der Waals surface area contributed by atoms with Crippen molar-refractivity contribution >= 4 is 62.4 Å². The molecule has 3 atom stereocenters. The lowest BCUT2D eigenvalue weighted by molar-refractivity contribution is -0.138. The molecule has 15 nitrogen and oxygen atoms in total. The van der Waals surface area contributed by atoms with Gasteiger partial charge in [-0.15, -0.1) is 16.2 Å². The van der Waals surface area contributed by atoms with Gasteiger partial charge in [0, 0.05) is 56.5 Å². The van der Waals surface area contributed by atoms with Crippen molar-refractivity contribution in [2.24, 2.45) is 17.1 Å². The molecular formula is C31H36ClN7O8S2. The van der Waals surface area contributed by atoms with E-state index in [9.17, 15) is 32.5 Å². The summed E-state index contributed by atoms with van der Waals surface area (Å²) in [5.41, 5.74) is 1.75. The summed E-state index contributed by atoms with van der Waals surface area (Å²) in [6.07, 6.45) is 3.29. The first-order valence-corrected chi connectivity index (χ1v) is 17.9. The number of nitroso groups, excluding NO2 is 1. The summed E-state index contributed by atoms with van der Waals surface area (Å²) in [6, 6.07) is 8.52. The number of nitrogens with one attached hydrogen (secondary N) is 2. The number of hydrogen-bond acceptors (Lipinski definition) is 11. The van der Waals surface area contributed by atoms with Gasteiger partial charge < -0.3 is 15.5 Å². The van der Waals surface area contributed by atoms with Crippen molar-refractivity contribution in [2.75, 3.05) is 26.0 Å². The summed E-state index contributed by atoms with van der Waals surface area (Å²) in [6.45, 7) is 2.61. The topological polar surface area (TPSA) is 208 Å². The van der Waals surface area contributed by atoms with E-state index in [0.717, 1.165) is 16.1 Å². The molecule has 0 saturated heterocycles. The third kappa shape index (κ3) is 10.3. The molecule has 0 unspecified atom stereocenters. The second-order valence-electron chi connectivity index (χ2n) is 11.9. The molecule has 3 amide bonds. The van der Waals surface area contributed by atoms with Crippen LogP contribution in [0.2, 0.25) is 5.02 Å². The highest BCUT2D eigenvalue weighted by atomic mass is 35.5. The Labute approximate surface area is 292 Å². The van der Waals surface area contributed by atoms with Crippen LogP contribution >= 0.6 is 22.9 Å². The van der Waals surface area contributed by atoms with Crippen LogP contribution in [0.25, 0.3) is 0 Å². The van der Waals surface area contributed by atoms with Gasteiger partial charge in [0.2, 0.25) is 5.91 Å². The minimum absolute atomic E-state index is 0.0371. The average Bonchev–Trinajstić information content (AvgIpc) is 3.50. The number of halogens is 1. The summed E-state index contributed by atoms with van der Waals surface area (Å²) in [4.78, 5) is 72.8. The van der Waals surface area contributed by atoms with Crippen molar-refractivity contribution in [3.63, 3.8) is 0 Å². The lowest BCUT2D eigenvalue weighted by atomic mass is 9.75. The fraction of sp³-hybridized carbons (Fsp3) is 0.419. The van der Waals surface area contributed by atoms with Gasteiger partial charge in [-0.1, -0.05) is 29.3 Å². The largest absolute Gasteiger partial charge is 0.349 e. The van der Waals surface area contributed by atoms with Gasteiger partial charge in [0.25, 0.3) is 10.1 Å². The van der Waals surface area contributed by atoms with Crippen molar-refractivity contribution in [3.05, 3.63) is 73.7 Å². The molecule has 49 heavy (non-hydrogen) atoms. The highest BCUT2D eigenvalue weighted by Gasteiger charge is 2.38. The molecule has 0 radical (unpaired) electrons.